The van der Waals surface area contributed by atoms with Crippen molar-refractivity contribution in [3.8, 4) is 0 Å². The minimum atomic E-state index is -4.29. The van der Waals surface area contributed by atoms with Crippen molar-refractivity contribution >= 4 is 21.7 Å². The SMILES string of the molecule is CCCCCC/C=C/CCCCCCCCC(=O)C1=[N+](CC(O)CS(=O)(=O)O)CCN1CCO. The van der Waals surface area contributed by atoms with Gasteiger partial charge in [0, 0.05) is 6.42 Å². The number of hydrogen-bond acceptors (Lipinski definition) is 6. The van der Waals surface area contributed by atoms with Gasteiger partial charge in [-0.05, 0) is 32.1 Å². The predicted octanol–water partition coefficient (Wildman–Crippen LogP) is 3.17. The third-order valence-corrected chi connectivity index (χ3v) is 6.91. The molecule has 1 rings (SSSR count). The van der Waals surface area contributed by atoms with Crippen LogP contribution in [0.15, 0.2) is 12.2 Å². The summed E-state index contributed by atoms with van der Waals surface area (Å²) in [5.41, 5.74) is 0. The molecule has 1 atom stereocenters. The maximum absolute atomic E-state index is 12.9. The third kappa shape index (κ3) is 14.2. The van der Waals surface area contributed by atoms with E-state index in [1.807, 2.05) is 0 Å². The number of carbonyl (C=O) groups excluding carboxylic acids is 1. The minimum Gasteiger partial charge on any atom is -0.392 e. The molecule has 3 N–H and O–H groups in total. The lowest BCUT2D eigenvalue weighted by Gasteiger charge is -2.13. The Morgan fingerprint density at radius 3 is 2.21 bits per heavy atom. The summed E-state index contributed by atoms with van der Waals surface area (Å²) in [5.74, 6) is -0.376. The van der Waals surface area contributed by atoms with E-state index in [1.54, 1.807) is 9.48 Å². The van der Waals surface area contributed by atoms with Crippen molar-refractivity contribution in [1.82, 2.24) is 4.90 Å². The molecule has 198 valence electrons. The topological polar surface area (TPSA) is 118 Å². The van der Waals surface area contributed by atoms with E-state index < -0.39 is 22.0 Å². The zero-order valence-electron chi connectivity index (χ0n) is 21.0. The molecule has 0 bridgehead atoms. The number of aliphatic hydroxyl groups is 2. The summed E-state index contributed by atoms with van der Waals surface area (Å²) in [6.45, 7) is 3.42. The molecule has 0 aromatic rings. The van der Waals surface area contributed by atoms with E-state index in [0.29, 0.717) is 31.9 Å². The van der Waals surface area contributed by atoms with Crippen LogP contribution in [0.2, 0.25) is 0 Å². The molecule has 1 unspecified atom stereocenters. The van der Waals surface area contributed by atoms with Crippen LogP contribution >= 0.6 is 0 Å². The molecule has 0 saturated heterocycles. The van der Waals surface area contributed by atoms with Crippen LogP contribution in [0.5, 0.6) is 0 Å². The van der Waals surface area contributed by atoms with E-state index in [2.05, 4.69) is 19.1 Å². The fraction of sp³-hybridized carbons (Fsp3) is 0.840. The first kappa shape index (κ1) is 30.7. The Morgan fingerprint density at radius 2 is 1.62 bits per heavy atom. The Kier molecular flexibility index (Phi) is 16.3. The number of unbranched alkanes of at least 4 members (excludes halogenated alkanes) is 10. The van der Waals surface area contributed by atoms with Crippen molar-refractivity contribution in [2.45, 2.75) is 96.5 Å². The van der Waals surface area contributed by atoms with Gasteiger partial charge in [0.2, 0.25) is 5.78 Å². The molecule has 0 aliphatic carbocycles. The number of rotatable bonds is 21. The van der Waals surface area contributed by atoms with Crippen molar-refractivity contribution in [2.75, 3.05) is 38.5 Å². The minimum absolute atomic E-state index is 0.0457. The summed E-state index contributed by atoms with van der Waals surface area (Å²) in [6, 6.07) is 0. The molecule has 1 heterocycles. The molecule has 0 amide bonds. The molecule has 9 heteroatoms. The zero-order valence-corrected chi connectivity index (χ0v) is 21.9. The predicted molar refractivity (Wildman–Crippen MR) is 136 cm³/mol. The number of nitrogens with zero attached hydrogens (tertiary/aromatic N) is 2. The Balaban J connectivity index is 2.30. The van der Waals surface area contributed by atoms with E-state index in [1.165, 1.54) is 51.4 Å². The first-order valence-corrected chi connectivity index (χ1v) is 14.7. The van der Waals surface area contributed by atoms with Gasteiger partial charge >= 0.3 is 5.84 Å². The molecule has 1 aliphatic heterocycles. The quantitative estimate of drug-likeness (QED) is 0.0953. The maximum atomic E-state index is 12.9. The number of amidine groups is 1. The average Bonchev–Trinajstić information content (AvgIpc) is 3.14. The van der Waals surface area contributed by atoms with Crippen LogP contribution in [-0.2, 0) is 14.9 Å². The number of hydrogen-bond donors (Lipinski definition) is 3. The van der Waals surface area contributed by atoms with E-state index in [9.17, 15) is 23.4 Å². The van der Waals surface area contributed by atoms with Crippen molar-refractivity contribution in [1.29, 1.82) is 0 Å². The van der Waals surface area contributed by atoms with Crippen LogP contribution < -0.4 is 0 Å². The van der Waals surface area contributed by atoms with Gasteiger partial charge in [-0.3, -0.25) is 18.8 Å². The number of ketones is 1. The molecular weight excluding hydrogens is 456 g/mol. The molecule has 0 radical (unpaired) electrons. The fourth-order valence-electron chi connectivity index (χ4n) is 4.36. The zero-order chi connectivity index (χ0) is 25.2. The van der Waals surface area contributed by atoms with E-state index in [-0.39, 0.29) is 18.9 Å². The summed E-state index contributed by atoms with van der Waals surface area (Å²) >= 11 is 0. The van der Waals surface area contributed by atoms with Crippen LogP contribution in [0.25, 0.3) is 0 Å². The highest BCUT2D eigenvalue weighted by Crippen LogP contribution is 2.12. The van der Waals surface area contributed by atoms with Gasteiger partial charge in [0.1, 0.15) is 38.0 Å². The number of allylic oxidation sites excluding steroid dienone is 2. The normalized spacial score (nSPS) is 15.6. The van der Waals surface area contributed by atoms with Gasteiger partial charge in [0.05, 0.1) is 6.61 Å². The van der Waals surface area contributed by atoms with Crippen LogP contribution in [0.3, 0.4) is 0 Å². The highest BCUT2D eigenvalue weighted by atomic mass is 32.2. The van der Waals surface area contributed by atoms with Crippen molar-refractivity contribution in [2.24, 2.45) is 0 Å². The summed E-state index contributed by atoms with van der Waals surface area (Å²) in [7, 11) is -4.29. The number of Topliss-reactive ketones (excluding diaryl/α,β-unsaturated/α-hetero) is 1. The van der Waals surface area contributed by atoms with Crippen molar-refractivity contribution in [3.63, 3.8) is 0 Å². The maximum Gasteiger partial charge on any atom is 0.316 e. The Labute approximate surface area is 206 Å². The Bertz CT molecular complexity index is 736. The van der Waals surface area contributed by atoms with E-state index in [4.69, 9.17) is 4.55 Å². The summed E-state index contributed by atoms with van der Waals surface area (Å²) in [6.07, 6.45) is 17.7. The standard InChI is InChI=1S/C25H46N2O6S/c1-2-3-4-5-6-7-8-9-10-11-12-13-14-15-16-24(30)25-26(19-20-28)17-18-27(25)21-23(29)22-34(31,32)33/h7-8,23,28-29H,2-6,9-22H2,1H3/p+1/b8-7+. The average molecular weight is 504 g/mol. The lowest BCUT2D eigenvalue weighted by Crippen LogP contribution is -2.40. The molecule has 0 spiro atoms. The van der Waals surface area contributed by atoms with Gasteiger partial charge in [-0.2, -0.15) is 8.42 Å². The lowest BCUT2D eigenvalue weighted by atomic mass is 10.1. The summed E-state index contributed by atoms with van der Waals surface area (Å²) < 4.78 is 32.6. The summed E-state index contributed by atoms with van der Waals surface area (Å²) in [5, 5.41) is 19.3. The molecule has 0 aromatic carbocycles. The van der Waals surface area contributed by atoms with Gasteiger partial charge < -0.3 is 10.2 Å². The van der Waals surface area contributed by atoms with Crippen molar-refractivity contribution in [3.05, 3.63) is 12.2 Å². The molecule has 8 nitrogen and oxygen atoms in total. The van der Waals surface area contributed by atoms with Crippen LogP contribution in [0, 0.1) is 0 Å². The van der Waals surface area contributed by atoms with E-state index >= 15 is 0 Å². The molecule has 34 heavy (non-hydrogen) atoms. The van der Waals surface area contributed by atoms with Crippen LogP contribution in [0.1, 0.15) is 90.4 Å². The highest BCUT2D eigenvalue weighted by molar-refractivity contribution is 7.85. The molecule has 0 aromatic heterocycles. The lowest BCUT2D eigenvalue weighted by molar-refractivity contribution is -0.525. The monoisotopic (exact) mass is 503 g/mol. The highest BCUT2D eigenvalue weighted by Gasteiger charge is 2.36. The molecule has 0 fully saturated rings. The molecule has 0 saturated carbocycles. The van der Waals surface area contributed by atoms with Gasteiger partial charge in [-0.15, -0.1) is 0 Å². The number of carbonyl (C=O) groups is 1. The third-order valence-electron chi connectivity index (χ3n) is 6.11. The van der Waals surface area contributed by atoms with Crippen molar-refractivity contribution < 1.29 is 32.6 Å². The number of aliphatic hydroxyl groups excluding tert-OH is 2. The van der Waals surface area contributed by atoms with Gasteiger partial charge in [0.15, 0.2) is 0 Å². The van der Waals surface area contributed by atoms with E-state index in [0.717, 1.165) is 25.7 Å². The van der Waals surface area contributed by atoms with Gasteiger partial charge in [-0.25, -0.2) is 0 Å². The molecule has 1 aliphatic rings. The second-order valence-corrected chi connectivity index (χ2v) is 10.8. The number of β-amino-alcohol motifs (C(OH)–C–C–N with tert-alkyl or cyclic N) is 2. The first-order valence-electron chi connectivity index (χ1n) is 13.1. The Morgan fingerprint density at radius 1 is 1.03 bits per heavy atom. The Hall–Kier alpha value is -1.29. The second kappa shape index (κ2) is 18.0. The van der Waals surface area contributed by atoms with Crippen LogP contribution in [-0.4, -0.2) is 88.9 Å². The van der Waals surface area contributed by atoms with Crippen LogP contribution in [0.4, 0.5) is 0 Å². The smallest absolute Gasteiger partial charge is 0.316 e. The fourth-order valence-corrected chi connectivity index (χ4v) is 4.96. The first-order chi connectivity index (χ1) is 16.3. The molecular formula is C25H47N2O6S+. The van der Waals surface area contributed by atoms with Gasteiger partial charge in [0.25, 0.3) is 10.1 Å². The summed E-state index contributed by atoms with van der Waals surface area (Å²) in [4.78, 5) is 14.7. The van der Waals surface area contributed by atoms with Gasteiger partial charge in [-0.1, -0.05) is 64.0 Å². The second-order valence-electron chi connectivity index (χ2n) is 9.29. The largest absolute Gasteiger partial charge is 0.392 e.